The average molecular weight is 285 g/mol. The van der Waals surface area contributed by atoms with E-state index >= 15 is 0 Å². The molecular formula is C17H20FN3. The lowest BCUT2D eigenvalue weighted by Crippen LogP contribution is -2.19. The Bertz CT molecular complexity index is 652. The van der Waals surface area contributed by atoms with Gasteiger partial charge in [-0.25, -0.2) is 4.39 Å². The monoisotopic (exact) mass is 285 g/mol. The SMILES string of the molecule is Cc1ccccc1CN(C)Cc1cc(F)cc(C(=N)N)c1. The van der Waals surface area contributed by atoms with Crippen LogP contribution >= 0.6 is 0 Å². The van der Waals surface area contributed by atoms with Gasteiger partial charge >= 0.3 is 0 Å². The minimum Gasteiger partial charge on any atom is -0.384 e. The van der Waals surface area contributed by atoms with Crippen LogP contribution in [0.4, 0.5) is 4.39 Å². The van der Waals surface area contributed by atoms with Crippen molar-refractivity contribution in [2.45, 2.75) is 20.0 Å². The van der Waals surface area contributed by atoms with E-state index in [4.69, 9.17) is 11.1 Å². The molecule has 0 saturated heterocycles. The van der Waals surface area contributed by atoms with Crippen LogP contribution < -0.4 is 5.73 Å². The molecule has 0 saturated carbocycles. The summed E-state index contributed by atoms with van der Waals surface area (Å²) in [7, 11) is 1.99. The fourth-order valence-electron chi connectivity index (χ4n) is 2.34. The van der Waals surface area contributed by atoms with Gasteiger partial charge in [0.2, 0.25) is 0 Å². The highest BCUT2D eigenvalue weighted by Gasteiger charge is 2.07. The predicted molar refractivity (Wildman–Crippen MR) is 83.8 cm³/mol. The van der Waals surface area contributed by atoms with E-state index in [0.29, 0.717) is 12.1 Å². The maximum absolute atomic E-state index is 13.6. The number of amidine groups is 1. The van der Waals surface area contributed by atoms with Gasteiger partial charge in [-0.15, -0.1) is 0 Å². The van der Waals surface area contributed by atoms with E-state index in [1.54, 1.807) is 6.07 Å². The van der Waals surface area contributed by atoms with Gasteiger partial charge < -0.3 is 5.73 Å². The van der Waals surface area contributed by atoms with Crippen molar-refractivity contribution in [3.8, 4) is 0 Å². The van der Waals surface area contributed by atoms with Crippen LogP contribution in [0.1, 0.15) is 22.3 Å². The van der Waals surface area contributed by atoms with Crippen molar-refractivity contribution in [3.63, 3.8) is 0 Å². The molecular weight excluding hydrogens is 265 g/mol. The lowest BCUT2D eigenvalue weighted by molar-refractivity contribution is 0.318. The number of nitrogens with two attached hydrogens (primary N) is 1. The summed E-state index contributed by atoms with van der Waals surface area (Å²) in [6.07, 6.45) is 0. The van der Waals surface area contributed by atoms with Crippen molar-refractivity contribution < 1.29 is 4.39 Å². The minimum atomic E-state index is -0.359. The quantitative estimate of drug-likeness (QED) is 0.655. The van der Waals surface area contributed by atoms with Crippen LogP contribution in [0.5, 0.6) is 0 Å². The van der Waals surface area contributed by atoms with E-state index in [-0.39, 0.29) is 11.7 Å². The molecule has 0 aliphatic heterocycles. The zero-order valence-corrected chi connectivity index (χ0v) is 12.4. The van der Waals surface area contributed by atoms with Gasteiger partial charge in [-0.05, 0) is 48.9 Å². The van der Waals surface area contributed by atoms with Gasteiger partial charge in [0.05, 0.1) is 0 Å². The molecule has 0 aliphatic rings. The molecule has 0 radical (unpaired) electrons. The minimum absolute atomic E-state index is 0.114. The standard InChI is InChI=1S/C17H20FN3/c1-12-5-3-4-6-14(12)11-21(2)10-13-7-15(17(19)20)9-16(18)8-13/h3-9H,10-11H2,1-2H3,(H3,19,20). The highest BCUT2D eigenvalue weighted by molar-refractivity contribution is 5.95. The van der Waals surface area contributed by atoms with Crippen molar-refractivity contribution in [2.24, 2.45) is 5.73 Å². The summed E-state index contributed by atoms with van der Waals surface area (Å²) in [5.74, 6) is -0.473. The Balaban J connectivity index is 2.11. The fraction of sp³-hybridized carbons (Fsp3) is 0.235. The van der Waals surface area contributed by atoms with Gasteiger partial charge in [0.15, 0.2) is 0 Å². The van der Waals surface area contributed by atoms with Gasteiger partial charge in [0.25, 0.3) is 0 Å². The number of aryl methyl sites for hydroxylation is 1. The summed E-state index contributed by atoms with van der Waals surface area (Å²) in [6.45, 7) is 3.48. The number of nitrogen functional groups attached to an aromatic ring is 1. The first-order chi connectivity index (χ1) is 9.95. The van der Waals surface area contributed by atoms with Crippen LogP contribution in [0.15, 0.2) is 42.5 Å². The van der Waals surface area contributed by atoms with Crippen molar-refractivity contribution in [1.82, 2.24) is 4.90 Å². The second-order valence-corrected chi connectivity index (χ2v) is 5.36. The number of hydrogen-bond donors (Lipinski definition) is 2. The molecule has 21 heavy (non-hydrogen) atoms. The van der Waals surface area contributed by atoms with E-state index in [9.17, 15) is 4.39 Å². The Kier molecular flexibility index (Phi) is 4.70. The second-order valence-electron chi connectivity index (χ2n) is 5.36. The first-order valence-electron chi connectivity index (χ1n) is 6.82. The summed E-state index contributed by atoms with van der Waals surface area (Å²) >= 11 is 0. The molecule has 110 valence electrons. The van der Waals surface area contributed by atoms with Crippen LogP contribution in [0.25, 0.3) is 0 Å². The Morgan fingerprint density at radius 1 is 1.19 bits per heavy atom. The molecule has 0 bridgehead atoms. The number of hydrogen-bond acceptors (Lipinski definition) is 2. The molecule has 2 rings (SSSR count). The highest BCUT2D eigenvalue weighted by atomic mass is 19.1. The molecule has 2 aromatic carbocycles. The van der Waals surface area contributed by atoms with Gasteiger partial charge in [-0.2, -0.15) is 0 Å². The number of nitrogens with zero attached hydrogens (tertiary/aromatic N) is 1. The summed E-state index contributed by atoms with van der Waals surface area (Å²) in [4.78, 5) is 2.11. The van der Waals surface area contributed by atoms with E-state index in [1.807, 2.05) is 19.2 Å². The van der Waals surface area contributed by atoms with Gasteiger partial charge in [-0.3, -0.25) is 10.3 Å². The van der Waals surface area contributed by atoms with Crippen molar-refractivity contribution in [3.05, 3.63) is 70.5 Å². The Morgan fingerprint density at radius 3 is 2.57 bits per heavy atom. The van der Waals surface area contributed by atoms with Crippen LogP contribution in [-0.4, -0.2) is 17.8 Å². The molecule has 0 heterocycles. The Hall–Kier alpha value is -2.20. The number of benzene rings is 2. The normalized spacial score (nSPS) is 10.9. The van der Waals surface area contributed by atoms with Gasteiger partial charge in [0.1, 0.15) is 11.7 Å². The molecule has 2 aromatic rings. The van der Waals surface area contributed by atoms with E-state index < -0.39 is 0 Å². The van der Waals surface area contributed by atoms with Gasteiger partial charge in [-0.1, -0.05) is 24.3 Å². The smallest absolute Gasteiger partial charge is 0.124 e. The second kappa shape index (κ2) is 6.50. The predicted octanol–water partition coefficient (Wildman–Crippen LogP) is 3.05. The maximum Gasteiger partial charge on any atom is 0.124 e. The molecule has 3 N–H and O–H groups in total. The molecule has 0 aromatic heterocycles. The van der Waals surface area contributed by atoms with Crippen molar-refractivity contribution in [1.29, 1.82) is 5.41 Å². The lowest BCUT2D eigenvalue weighted by Gasteiger charge is -2.18. The first-order valence-corrected chi connectivity index (χ1v) is 6.82. The van der Waals surface area contributed by atoms with Crippen LogP contribution in [0.3, 0.4) is 0 Å². The molecule has 3 nitrogen and oxygen atoms in total. The number of nitrogens with one attached hydrogen (secondary N) is 1. The lowest BCUT2D eigenvalue weighted by atomic mass is 10.1. The summed E-state index contributed by atoms with van der Waals surface area (Å²) in [6, 6.07) is 12.8. The first kappa shape index (κ1) is 15.2. The third kappa shape index (κ3) is 4.13. The third-order valence-corrected chi connectivity index (χ3v) is 3.42. The van der Waals surface area contributed by atoms with E-state index in [1.165, 1.54) is 23.3 Å². The molecule has 0 amide bonds. The zero-order valence-electron chi connectivity index (χ0n) is 12.4. The third-order valence-electron chi connectivity index (χ3n) is 3.42. The molecule has 0 spiro atoms. The highest BCUT2D eigenvalue weighted by Crippen LogP contribution is 2.14. The van der Waals surface area contributed by atoms with Gasteiger partial charge in [0, 0.05) is 18.7 Å². The van der Waals surface area contributed by atoms with Crippen molar-refractivity contribution >= 4 is 5.84 Å². The van der Waals surface area contributed by atoms with Crippen molar-refractivity contribution in [2.75, 3.05) is 7.05 Å². The molecule has 0 atom stereocenters. The van der Waals surface area contributed by atoms with Crippen LogP contribution in [-0.2, 0) is 13.1 Å². The summed E-state index contributed by atoms with van der Waals surface area (Å²) in [5.41, 5.74) is 9.17. The molecule has 0 aliphatic carbocycles. The maximum atomic E-state index is 13.6. The topological polar surface area (TPSA) is 53.1 Å². The fourth-order valence-corrected chi connectivity index (χ4v) is 2.34. The number of halogens is 1. The van der Waals surface area contributed by atoms with Crippen LogP contribution in [0, 0.1) is 18.2 Å². The van der Waals surface area contributed by atoms with E-state index in [2.05, 4.69) is 24.0 Å². The Labute approximate surface area is 124 Å². The molecule has 0 unspecified atom stereocenters. The zero-order chi connectivity index (χ0) is 15.4. The average Bonchev–Trinajstić information content (AvgIpc) is 2.40. The largest absolute Gasteiger partial charge is 0.384 e. The summed E-state index contributed by atoms with van der Waals surface area (Å²) in [5, 5.41) is 7.42. The van der Waals surface area contributed by atoms with Crippen LogP contribution in [0.2, 0.25) is 0 Å². The molecule has 0 fully saturated rings. The molecule has 4 heteroatoms. The van der Waals surface area contributed by atoms with E-state index in [0.717, 1.165) is 12.1 Å². The Morgan fingerprint density at radius 2 is 1.90 bits per heavy atom. The number of rotatable bonds is 5. The summed E-state index contributed by atoms with van der Waals surface area (Å²) < 4.78 is 13.6.